The van der Waals surface area contributed by atoms with Crippen molar-refractivity contribution in [1.82, 2.24) is 19.7 Å². The molecule has 5 heteroatoms. The van der Waals surface area contributed by atoms with Gasteiger partial charge >= 0.3 is 0 Å². The summed E-state index contributed by atoms with van der Waals surface area (Å²) in [5.74, 6) is 1.42. The van der Waals surface area contributed by atoms with E-state index in [1.165, 1.54) is 43.4 Å². The van der Waals surface area contributed by atoms with E-state index in [1.54, 1.807) is 0 Å². The van der Waals surface area contributed by atoms with E-state index in [9.17, 15) is 0 Å². The van der Waals surface area contributed by atoms with E-state index in [1.807, 2.05) is 30.5 Å². The number of rotatable bonds is 6. The Morgan fingerprint density at radius 1 is 1.12 bits per heavy atom. The van der Waals surface area contributed by atoms with Gasteiger partial charge in [0.25, 0.3) is 0 Å². The van der Waals surface area contributed by atoms with Crippen molar-refractivity contribution in [3.05, 3.63) is 42.4 Å². The Hall–Kier alpha value is -2.27. The van der Waals surface area contributed by atoms with Gasteiger partial charge in [0.15, 0.2) is 0 Å². The van der Waals surface area contributed by atoms with Crippen LogP contribution in [0.3, 0.4) is 0 Å². The second-order valence-electron chi connectivity index (χ2n) is 7.85. The van der Waals surface area contributed by atoms with Crippen LogP contribution in [0.1, 0.15) is 56.2 Å². The highest BCUT2D eigenvalue weighted by Gasteiger charge is 2.34. The Labute approximate surface area is 153 Å². The SMILES string of the molecule is NCCC[C@H]1C[C@H](n2cc(-c3cnc4ccccc4n3)c(C3CC3)n2)C1. The normalized spacial score (nSPS) is 22.5. The number of hydrogen-bond acceptors (Lipinski definition) is 4. The van der Waals surface area contributed by atoms with Crippen LogP contribution in [0.5, 0.6) is 0 Å². The summed E-state index contributed by atoms with van der Waals surface area (Å²) >= 11 is 0. The molecule has 2 aliphatic rings. The number of hydrogen-bond donors (Lipinski definition) is 1. The monoisotopic (exact) mass is 347 g/mol. The first-order chi connectivity index (χ1) is 12.8. The minimum absolute atomic E-state index is 0.539. The van der Waals surface area contributed by atoms with Crippen LogP contribution in [0.25, 0.3) is 22.3 Å². The molecule has 0 spiro atoms. The Morgan fingerprint density at radius 2 is 1.92 bits per heavy atom. The zero-order valence-corrected chi connectivity index (χ0v) is 15.0. The molecule has 2 fully saturated rings. The van der Waals surface area contributed by atoms with E-state index in [2.05, 4.69) is 15.9 Å². The van der Waals surface area contributed by atoms with Crippen LogP contribution < -0.4 is 5.73 Å². The highest BCUT2D eigenvalue weighted by Crippen LogP contribution is 2.46. The van der Waals surface area contributed by atoms with Gasteiger partial charge in [-0.1, -0.05) is 12.1 Å². The van der Waals surface area contributed by atoms with Gasteiger partial charge in [0.05, 0.1) is 34.7 Å². The van der Waals surface area contributed by atoms with Crippen molar-refractivity contribution in [3.63, 3.8) is 0 Å². The Balaban J connectivity index is 1.44. The van der Waals surface area contributed by atoms with E-state index in [0.29, 0.717) is 12.0 Å². The van der Waals surface area contributed by atoms with Gasteiger partial charge in [-0.25, -0.2) is 4.98 Å². The summed E-state index contributed by atoms with van der Waals surface area (Å²) in [4.78, 5) is 9.46. The zero-order chi connectivity index (χ0) is 17.5. The van der Waals surface area contributed by atoms with Crippen LogP contribution in [0, 0.1) is 5.92 Å². The smallest absolute Gasteiger partial charge is 0.0927 e. The predicted octanol–water partition coefficient (Wildman–Crippen LogP) is 4.06. The van der Waals surface area contributed by atoms with Crippen LogP contribution in [-0.4, -0.2) is 26.3 Å². The number of nitrogens with zero attached hydrogens (tertiary/aromatic N) is 4. The molecule has 134 valence electrons. The third-order valence-corrected chi connectivity index (χ3v) is 5.85. The molecule has 2 aromatic heterocycles. The van der Waals surface area contributed by atoms with E-state index < -0.39 is 0 Å². The summed E-state index contributed by atoms with van der Waals surface area (Å²) in [6.07, 6.45) is 11.5. The molecule has 0 radical (unpaired) electrons. The maximum absolute atomic E-state index is 5.64. The molecule has 1 aromatic carbocycles. The minimum Gasteiger partial charge on any atom is -0.330 e. The Morgan fingerprint density at radius 3 is 2.69 bits per heavy atom. The lowest BCUT2D eigenvalue weighted by molar-refractivity contribution is 0.171. The highest BCUT2D eigenvalue weighted by molar-refractivity contribution is 5.77. The fraction of sp³-hybridized carbons (Fsp3) is 0.476. The van der Waals surface area contributed by atoms with Gasteiger partial charge in [0.1, 0.15) is 0 Å². The largest absolute Gasteiger partial charge is 0.330 e. The molecule has 0 atom stereocenters. The van der Waals surface area contributed by atoms with Crippen LogP contribution in [0.15, 0.2) is 36.7 Å². The van der Waals surface area contributed by atoms with Crippen molar-refractivity contribution in [1.29, 1.82) is 0 Å². The van der Waals surface area contributed by atoms with Gasteiger partial charge in [-0.15, -0.1) is 0 Å². The highest BCUT2D eigenvalue weighted by atomic mass is 15.3. The lowest BCUT2D eigenvalue weighted by Crippen LogP contribution is -2.27. The minimum atomic E-state index is 0.539. The Kier molecular flexibility index (Phi) is 3.97. The molecule has 0 aliphatic heterocycles. The second-order valence-corrected chi connectivity index (χ2v) is 7.85. The van der Waals surface area contributed by atoms with Crippen LogP contribution in [-0.2, 0) is 0 Å². The molecule has 26 heavy (non-hydrogen) atoms. The summed E-state index contributed by atoms with van der Waals surface area (Å²) in [5, 5.41) is 4.99. The standard InChI is InChI=1S/C21H25N5/c22-9-3-4-14-10-16(11-14)26-13-17(21(25-26)15-7-8-15)20-12-23-18-5-1-2-6-19(18)24-20/h1-2,5-6,12-16H,3-4,7-11,22H2/t14-,16-. The van der Waals surface area contributed by atoms with E-state index >= 15 is 0 Å². The summed E-state index contributed by atoms with van der Waals surface area (Å²) in [6, 6.07) is 8.59. The van der Waals surface area contributed by atoms with Crippen molar-refractivity contribution in [3.8, 4) is 11.3 Å². The van der Waals surface area contributed by atoms with Crippen molar-refractivity contribution in [2.75, 3.05) is 6.54 Å². The van der Waals surface area contributed by atoms with Crippen molar-refractivity contribution in [2.45, 2.75) is 50.5 Å². The average Bonchev–Trinajstić information content (AvgIpc) is 3.39. The maximum Gasteiger partial charge on any atom is 0.0927 e. The van der Waals surface area contributed by atoms with Gasteiger partial charge in [-0.05, 0) is 63.1 Å². The van der Waals surface area contributed by atoms with Gasteiger partial charge in [0, 0.05) is 17.7 Å². The third-order valence-electron chi connectivity index (χ3n) is 5.85. The Bertz CT molecular complexity index is 921. The molecular weight excluding hydrogens is 322 g/mol. The molecule has 0 bridgehead atoms. The molecule has 0 amide bonds. The van der Waals surface area contributed by atoms with E-state index in [0.717, 1.165) is 35.6 Å². The third kappa shape index (κ3) is 2.90. The zero-order valence-electron chi connectivity index (χ0n) is 15.0. The number of fused-ring (bicyclic) bond motifs is 1. The van der Waals surface area contributed by atoms with E-state index in [-0.39, 0.29) is 0 Å². The fourth-order valence-electron chi connectivity index (χ4n) is 4.09. The van der Waals surface area contributed by atoms with Crippen molar-refractivity contribution in [2.24, 2.45) is 11.7 Å². The number of aromatic nitrogens is 4. The molecule has 5 nitrogen and oxygen atoms in total. The van der Waals surface area contributed by atoms with Gasteiger partial charge < -0.3 is 5.73 Å². The molecule has 0 saturated heterocycles. The fourth-order valence-corrected chi connectivity index (χ4v) is 4.09. The van der Waals surface area contributed by atoms with Gasteiger partial charge in [0.2, 0.25) is 0 Å². The predicted molar refractivity (Wildman–Crippen MR) is 103 cm³/mol. The molecule has 2 heterocycles. The van der Waals surface area contributed by atoms with Crippen molar-refractivity contribution >= 4 is 11.0 Å². The van der Waals surface area contributed by atoms with Crippen LogP contribution >= 0.6 is 0 Å². The molecule has 3 aromatic rings. The molecule has 2 aliphatic carbocycles. The molecule has 2 N–H and O–H groups in total. The lowest BCUT2D eigenvalue weighted by atomic mass is 9.77. The maximum atomic E-state index is 5.64. The summed E-state index contributed by atoms with van der Waals surface area (Å²) in [5.41, 5.74) is 10.9. The molecule has 2 saturated carbocycles. The van der Waals surface area contributed by atoms with Crippen LogP contribution in [0.4, 0.5) is 0 Å². The van der Waals surface area contributed by atoms with E-state index in [4.69, 9.17) is 15.8 Å². The van der Waals surface area contributed by atoms with Gasteiger partial charge in [-0.3, -0.25) is 9.67 Å². The topological polar surface area (TPSA) is 69.6 Å². The quantitative estimate of drug-likeness (QED) is 0.730. The first kappa shape index (κ1) is 15.9. The summed E-state index contributed by atoms with van der Waals surface area (Å²) < 4.78 is 2.21. The van der Waals surface area contributed by atoms with Crippen molar-refractivity contribution < 1.29 is 0 Å². The number of nitrogens with two attached hydrogens (primary N) is 1. The molecule has 5 rings (SSSR count). The summed E-state index contributed by atoms with van der Waals surface area (Å²) in [6.45, 7) is 0.805. The average molecular weight is 347 g/mol. The van der Waals surface area contributed by atoms with Crippen LogP contribution in [0.2, 0.25) is 0 Å². The lowest BCUT2D eigenvalue weighted by Gasteiger charge is -2.35. The van der Waals surface area contributed by atoms with Gasteiger partial charge in [-0.2, -0.15) is 5.10 Å². The molecule has 0 unspecified atom stereocenters. The number of benzene rings is 1. The second kappa shape index (κ2) is 6.47. The number of para-hydroxylation sites is 2. The first-order valence-corrected chi connectivity index (χ1v) is 9.83. The first-order valence-electron chi connectivity index (χ1n) is 9.83. The molecular formula is C21H25N5. The summed E-state index contributed by atoms with van der Waals surface area (Å²) in [7, 11) is 0.